The van der Waals surface area contributed by atoms with Gasteiger partial charge in [0.15, 0.2) is 0 Å². The maximum atomic E-state index is 12.0. The fraction of sp³-hybridized carbons (Fsp3) is 0.545. The van der Waals surface area contributed by atoms with Gasteiger partial charge < -0.3 is 5.32 Å². The van der Waals surface area contributed by atoms with Gasteiger partial charge in [0, 0.05) is 17.9 Å². The van der Waals surface area contributed by atoms with Crippen molar-refractivity contribution in [2.45, 2.75) is 30.3 Å². The number of hydrogen-bond donors (Lipinski definition) is 1. The van der Waals surface area contributed by atoms with E-state index in [1.54, 1.807) is 0 Å². The van der Waals surface area contributed by atoms with Crippen LogP contribution in [0, 0.1) is 10.1 Å². The standard InChI is InChI=1S/C11H15N3O3S/c15-14(16)10-4-5-11(13-7-10)18(17)8-9-3-1-2-6-12-9/h4-5,7,9,12H,1-3,6,8H2/t9-,18-/m1/s1. The smallest absolute Gasteiger partial charge is 0.287 e. The normalized spacial score (nSPS) is 21.4. The molecular weight excluding hydrogens is 254 g/mol. The molecule has 0 amide bonds. The van der Waals surface area contributed by atoms with E-state index in [-0.39, 0.29) is 11.7 Å². The maximum absolute atomic E-state index is 12.0. The zero-order valence-corrected chi connectivity index (χ0v) is 10.7. The van der Waals surface area contributed by atoms with E-state index in [0.717, 1.165) is 25.6 Å². The largest absolute Gasteiger partial charge is 0.313 e. The van der Waals surface area contributed by atoms with Crippen LogP contribution < -0.4 is 5.32 Å². The summed E-state index contributed by atoms with van der Waals surface area (Å²) in [5, 5.41) is 14.2. The van der Waals surface area contributed by atoms with Gasteiger partial charge in [0.1, 0.15) is 11.2 Å². The predicted molar refractivity (Wildman–Crippen MR) is 67.8 cm³/mol. The minimum atomic E-state index is -1.20. The van der Waals surface area contributed by atoms with E-state index in [4.69, 9.17) is 0 Å². The average molecular weight is 269 g/mol. The Morgan fingerprint density at radius 3 is 2.89 bits per heavy atom. The zero-order valence-electron chi connectivity index (χ0n) is 9.87. The summed E-state index contributed by atoms with van der Waals surface area (Å²) >= 11 is 0. The van der Waals surface area contributed by atoms with Gasteiger partial charge in [-0.15, -0.1) is 0 Å². The van der Waals surface area contributed by atoms with Gasteiger partial charge in [-0.3, -0.25) is 14.3 Å². The van der Waals surface area contributed by atoms with Crippen LogP contribution in [0.25, 0.3) is 0 Å². The molecule has 1 fully saturated rings. The van der Waals surface area contributed by atoms with Crippen LogP contribution in [-0.4, -0.2) is 32.5 Å². The van der Waals surface area contributed by atoms with Crippen LogP contribution in [0.5, 0.6) is 0 Å². The second-order valence-electron chi connectivity index (χ2n) is 4.27. The molecule has 2 heterocycles. The van der Waals surface area contributed by atoms with Crippen LogP contribution in [0.3, 0.4) is 0 Å². The van der Waals surface area contributed by atoms with E-state index in [0.29, 0.717) is 10.8 Å². The number of rotatable bonds is 4. The lowest BCUT2D eigenvalue weighted by atomic mass is 10.1. The first-order chi connectivity index (χ1) is 8.66. The van der Waals surface area contributed by atoms with Gasteiger partial charge in [-0.2, -0.15) is 0 Å². The molecule has 1 saturated heterocycles. The third-order valence-electron chi connectivity index (χ3n) is 2.93. The van der Waals surface area contributed by atoms with Crippen LogP contribution in [-0.2, 0) is 10.8 Å². The molecular formula is C11H15N3O3S. The summed E-state index contributed by atoms with van der Waals surface area (Å²) in [6.45, 7) is 0.968. The van der Waals surface area contributed by atoms with E-state index in [1.165, 1.54) is 18.6 Å². The van der Waals surface area contributed by atoms with E-state index in [1.807, 2.05) is 0 Å². The highest BCUT2D eigenvalue weighted by atomic mass is 32.2. The summed E-state index contributed by atoms with van der Waals surface area (Å²) in [5.41, 5.74) is -0.0773. The Kier molecular flexibility index (Phi) is 4.38. The fourth-order valence-electron chi connectivity index (χ4n) is 1.95. The molecule has 2 atom stereocenters. The highest BCUT2D eigenvalue weighted by molar-refractivity contribution is 7.85. The number of aromatic nitrogens is 1. The second-order valence-corrected chi connectivity index (χ2v) is 5.71. The molecule has 0 radical (unpaired) electrons. The van der Waals surface area contributed by atoms with Crippen molar-refractivity contribution in [1.82, 2.24) is 10.3 Å². The van der Waals surface area contributed by atoms with Crippen molar-refractivity contribution in [2.75, 3.05) is 12.3 Å². The SMILES string of the molecule is O=[N+]([O-])c1ccc([S@](=O)C[C@H]2CCCCN2)nc1. The molecule has 6 nitrogen and oxygen atoms in total. The first-order valence-electron chi connectivity index (χ1n) is 5.89. The van der Waals surface area contributed by atoms with Crippen molar-refractivity contribution in [3.8, 4) is 0 Å². The highest BCUT2D eigenvalue weighted by Crippen LogP contribution is 2.14. The van der Waals surface area contributed by atoms with Gasteiger partial charge in [0.05, 0.1) is 15.7 Å². The molecule has 0 aliphatic carbocycles. The van der Waals surface area contributed by atoms with Crippen LogP contribution >= 0.6 is 0 Å². The maximum Gasteiger partial charge on any atom is 0.287 e. The van der Waals surface area contributed by atoms with Gasteiger partial charge in [-0.1, -0.05) is 6.42 Å². The lowest BCUT2D eigenvalue weighted by Crippen LogP contribution is -2.38. The summed E-state index contributed by atoms with van der Waals surface area (Å²) in [6, 6.07) is 3.07. The molecule has 2 rings (SSSR count). The van der Waals surface area contributed by atoms with E-state index >= 15 is 0 Å². The molecule has 1 N–H and O–H groups in total. The Bertz CT molecular complexity index is 443. The van der Waals surface area contributed by atoms with E-state index in [2.05, 4.69) is 10.3 Å². The number of piperidine rings is 1. The number of pyridine rings is 1. The summed E-state index contributed by atoms with van der Waals surface area (Å²) in [4.78, 5) is 13.9. The van der Waals surface area contributed by atoms with Crippen LogP contribution in [0.4, 0.5) is 5.69 Å². The summed E-state index contributed by atoms with van der Waals surface area (Å²) < 4.78 is 12.0. The number of hydrogen-bond acceptors (Lipinski definition) is 5. The molecule has 1 aromatic heterocycles. The molecule has 0 aromatic carbocycles. The van der Waals surface area contributed by atoms with E-state index in [9.17, 15) is 14.3 Å². The minimum Gasteiger partial charge on any atom is -0.313 e. The molecule has 0 saturated carbocycles. The van der Waals surface area contributed by atoms with Crippen molar-refractivity contribution in [3.05, 3.63) is 28.4 Å². The molecule has 0 spiro atoms. The Hall–Kier alpha value is -1.34. The molecule has 18 heavy (non-hydrogen) atoms. The molecule has 0 bridgehead atoms. The molecule has 7 heteroatoms. The lowest BCUT2D eigenvalue weighted by molar-refractivity contribution is -0.385. The van der Waals surface area contributed by atoms with Gasteiger partial charge in [-0.05, 0) is 25.5 Å². The number of nitrogens with zero attached hydrogens (tertiary/aromatic N) is 2. The topological polar surface area (TPSA) is 85.1 Å². The lowest BCUT2D eigenvalue weighted by Gasteiger charge is -2.22. The van der Waals surface area contributed by atoms with E-state index < -0.39 is 15.7 Å². The van der Waals surface area contributed by atoms with Crippen LogP contribution in [0.2, 0.25) is 0 Å². The molecule has 0 unspecified atom stereocenters. The van der Waals surface area contributed by atoms with Gasteiger partial charge in [-0.25, -0.2) is 4.98 Å². The van der Waals surface area contributed by atoms with Crippen molar-refractivity contribution < 1.29 is 9.13 Å². The number of nitro groups is 1. The quantitative estimate of drug-likeness (QED) is 0.656. The Morgan fingerprint density at radius 2 is 2.33 bits per heavy atom. The summed E-state index contributed by atoms with van der Waals surface area (Å²) in [5.74, 6) is 0.519. The third kappa shape index (κ3) is 3.33. The van der Waals surface area contributed by atoms with Gasteiger partial charge in [0.2, 0.25) is 0 Å². The van der Waals surface area contributed by atoms with Crippen molar-refractivity contribution in [1.29, 1.82) is 0 Å². The molecule has 98 valence electrons. The first kappa shape index (κ1) is 13.1. The zero-order chi connectivity index (χ0) is 13.0. The minimum absolute atomic E-state index is 0.0773. The Morgan fingerprint density at radius 1 is 1.50 bits per heavy atom. The molecule has 1 aliphatic heterocycles. The van der Waals surface area contributed by atoms with Gasteiger partial charge >= 0.3 is 0 Å². The Balaban J connectivity index is 1.97. The monoisotopic (exact) mass is 269 g/mol. The van der Waals surface area contributed by atoms with Crippen molar-refractivity contribution in [3.63, 3.8) is 0 Å². The number of nitrogens with one attached hydrogen (secondary N) is 1. The fourth-order valence-corrected chi connectivity index (χ4v) is 3.16. The predicted octanol–water partition coefficient (Wildman–Crippen LogP) is 1.24. The van der Waals surface area contributed by atoms with Crippen molar-refractivity contribution >= 4 is 16.5 Å². The molecule has 1 aromatic rings. The second kappa shape index (κ2) is 6.01. The van der Waals surface area contributed by atoms with Gasteiger partial charge in [0.25, 0.3) is 5.69 Å². The molecule has 1 aliphatic rings. The average Bonchev–Trinajstić information content (AvgIpc) is 2.40. The highest BCUT2D eigenvalue weighted by Gasteiger charge is 2.17. The first-order valence-corrected chi connectivity index (χ1v) is 7.21. The van der Waals surface area contributed by atoms with Crippen molar-refractivity contribution in [2.24, 2.45) is 0 Å². The van der Waals surface area contributed by atoms with Crippen LogP contribution in [0.15, 0.2) is 23.4 Å². The third-order valence-corrected chi connectivity index (χ3v) is 4.34. The summed E-state index contributed by atoms with van der Waals surface area (Å²) in [7, 11) is -1.20. The Labute approximate surface area is 107 Å². The van der Waals surface area contributed by atoms with Crippen LogP contribution in [0.1, 0.15) is 19.3 Å². The summed E-state index contributed by atoms with van der Waals surface area (Å²) in [6.07, 6.45) is 4.50.